The summed E-state index contributed by atoms with van der Waals surface area (Å²) in [6.07, 6.45) is 1.25. The zero-order chi connectivity index (χ0) is 17.0. The number of aliphatic hydroxyl groups excluding tert-OH is 1. The highest BCUT2D eigenvalue weighted by atomic mass is 19.1. The van der Waals surface area contributed by atoms with Crippen molar-refractivity contribution in [3.63, 3.8) is 0 Å². The van der Waals surface area contributed by atoms with Crippen LogP contribution in [0.2, 0.25) is 0 Å². The molecule has 1 aromatic carbocycles. The molecule has 4 nitrogen and oxygen atoms in total. The molecule has 1 N–H and O–H groups in total. The lowest BCUT2D eigenvalue weighted by Crippen LogP contribution is -2.31. The van der Waals surface area contributed by atoms with Crippen molar-refractivity contribution in [3.8, 4) is 0 Å². The molecule has 1 unspecified atom stereocenters. The van der Waals surface area contributed by atoms with E-state index in [-0.39, 0.29) is 5.82 Å². The number of aromatic nitrogens is 2. The Morgan fingerprint density at radius 1 is 1.22 bits per heavy atom. The normalized spacial score (nSPS) is 13.0. The highest BCUT2D eigenvalue weighted by molar-refractivity contribution is 5.19. The van der Waals surface area contributed by atoms with Crippen molar-refractivity contribution < 1.29 is 9.50 Å². The third kappa shape index (κ3) is 4.88. The standard InChI is InChI=1S/C18H26FN3O/c1-13(2)10-22(11-16-9-20-21(4)14(16)3)12-18(23)15-5-7-17(19)8-6-15/h5-9,13,18,23H,10-12H2,1-4H3. The maximum absolute atomic E-state index is 13.0. The molecule has 0 aliphatic heterocycles. The molecule has 1 heterocycles. The van der Waals surface area contributed by atoms with Crippen LogP contribution in [-0.4, -0.2) is 32.9 Å². The second-order valence-corrected chi connectivity index (χ2v) is 6.53. The molecule has 0 fully saturated rings. The van der Waals surface area contributed by atoms with Crippen LogP contribution in [0.25, 0.3) is 0 Å². The fraction of sp³-hybridized carbons (Fsp3) is 0.500. The lowest BCUT2D eigenvalue weighted by atomic mass is 10.1. The van der Waals surface area contributed by atoms with Gasteiger partial charge in [-0.3, -0.25) is 9.58 Å². The fourth-order valence-corrected chi connectivity index (χ4v) is 2.70. The Kier molecular flexibility index (Phi) is 5.91. The Morgan fingerprint density at radius 3 is 2.39 bits per heavy atom. The van der Waals surface area contributed by atoms with Crippen LogP contribution in [0.15, 0.2) is 30.5 Å². The lowest BCUT2D eigenvalue weighted by Gasteiger charge is -2.27. The van der Waals surface area contributed by atoms with Gasteiger partial charge >= 0.3 is 0 Å². The van der Waals surface area contributed by atoms with E-state index in [1.165, 1.54) is 17.7 Å². The minimum absolute atomic E-state index is 0.286. The summed E-state index contributed by atoms with van der Waals surface area (Å²) in [6, 6.07) is 6.05. The van der Waals surface area contributed by atoms with Crippen LogP contribution >= 0.6 is 0 Å². The monoisotopic (exact) mass is 319 g/mol. The third-order valence-corrected chi connectivity index (χ3v) is 4.04. The van der Waals surface area contributed by atoms with Crippen LogP contribution in [0.3, 0.4) is 0 Å². The second-order valence-electron chi connectivity index (χ2n) is 6.53. The first-order chi connectivity index (χ1) is 10.9. The van der Waals surface area contributed by atoms with Gasteiger partial charge in [-0.05, 0) is 30.5 Å². The number of hydrogen-bond donors (Lipinski definition) is 1. The van der Waals surface area contributed by atoms with E-state index in [4.69, 9.17) is 0 Å². The van der Waals surface area contributed by atoms with Crippen molar-refractivity contribution in [3.05, 3.63) is 53.1 Å². The molecule has 0 bridgehead atoms. The van der Waals surface area contributed by atoms with Gasteiger partial charge in [-0.25, -0.2) is 4.39 Å². The van der Waals surface area contributed by atoms with E-state index in [1.54, 1.807) is 12.1 Å². The summed E-state index contributed by atoms with van der Waals surface area (Å²) in [5.41, 5.74) is 3.04. The average molecular weight is 319 g/mol. The Bertz CT molecular complexity index is 622. The van der Waals surface area contributed by atoms with Crippen LogP contribution in [0.1, 0.15) is 36.8 Å². The summed E-state index contributed by atoms with van der Waals surface area (Å²) in [5, 5.41) is 14.7. The number of aryl methyl sites for hydroxylation is 1. The molecular weight excluding hydrogens is 293 g/mol. The molecule has 126 valence electrons. The van der Waals surface area contributed by atoms with Gasteiger partial charge in [-0.1, -0.05) is 26.0 Å². The quantitative estimate of drug-likeness (QED) is 0.853. The van der Waals surface area contributed by atoms with Crippen LogP contribution in [0.4, 0.5) is 4.39 Å². The van der Waals surface area contributed by atoms with Crippen molar-refractivity contribution in [2.75, 3.05) is 13.1 Å². The number of rotatable bonds is 7. The zero-order valence-electron chi connectivity index (χ0n) is 14.3. The zero-order valence-corrected chi connectivity index (χ0v) is 14.3. The lowest BCUT2D eigenvalue weighted by molar-refractivity contribution is 0.101. The largest absolute Gasteiger partial charge is 0.387 e. The minimum atomic E-state index is -0.633. The molecule has 0 saturated carbocycles. The molecule has 0 amide bonds. The maximum atomic E-state index is 13.0. The Balaban J connectivity index is 2.08. The summed E-state index contributed by atoms with van der Waals surface area (Å²) >= 11 is 0. The van der Waals surface area contributed by atoms with Crippen LogP contribution < -0.4 is 0 Å². The smallest absolute Gasteiger partial charge is 0.123 e. The molecule has 0 radical (unpaired) electrons. The molecule has 0 saturated heterocycles. The van der Waals surface area contributed by atoms with Crippen molar-refractivity contribution in [1.82, 2.24) is 14.7 Å². The van der Waals surface area contributed by atoms with Crippen molar-refractivity contribution in [2.24, 2.45) is 13.0 Å². The van der Waals surface area contributed by atoms with Crippen molar-refractivity contribution in [1.29, 1.82) is 0 Å². The summed E-state index contributed by atoms with van der Waals surface area (Å²) in [6.45, 7) is 8.51. The predicted molar refractivity (Wildman–Crippen MR) is 89.4 cm³/mol. The van der Waals surface area contributed by atoms with Crippen LogP contribution in [0, 0.1) is 18.7 Å². The fourth-order valence-electron chi connectivity index (χ4n) is 2.70. The van der Waals surface area contributed by atoms with E-state index in [1.807, 2.05) is 24.9 Å². The SMILES string of the molecule is Cc1c(CN(CC(C)C)CC(O)c2ccc(F)cc2)cnn1C. The Labute approximate surface area is 137 Å². The molecule has 0 aliphatic carbocycles. The summed E-state index contributed by atoms with van der Waals surface area (Å²) in [7, 11) is 1.93. The number of nitrogens with zero attached hydrogens (tertiary/aromatic N) is 3. The Morgan fingerprint density at radius 2 is 1.87 bits per heavy atom. The first-order valence-electron chi connectivity index (χ1n) is 8.00. The van der Waals surface area contributed by atoms with E-state index in [2.05, 4.69) is 23.8 Å². The van der Waals surface area contributed by atoms with Gasteiger partial charge in [0.2, 0.25) is 0 Å². The predicted octanol–water partition coefficient (Wildman–Crippen LogP) is 3.06. The Hall–Kier alpha value is -1.72. The summed E-state index contributed by atoms with van der Waals surface area (Å²) in [4.78, 5) is 2.22. The van der Waals surface area contributed by atoms with Gasteiger partial charge in [0.1, 0.15) is 5.82 Å². The topological polar surface area (TPSA) is 41.3 Å². The maximum Gasteiger partial charge on any atom is 0.123 e. The molecule has 2 rings (SSSR count). The van der Waals surface area contributed by atoms with Crippen molar-refractivity contribution >= 4 is 0 Å². The van der Waals surface area contributed by atoms with E-state index < -0.39 is 6.10 Å². The average Bonchev–Trinajstić information content (AvgIpc) is 2.79. The molecule has 1 aromatic heterocycles. The third-order valence-electron chi connectivity index (χ3n) is 4.04. The van der Waals surface area contributed by atoms with E-state index >= 15 is 0 Å². The first kappa shape index (κ1) is 17.6. The van der Waals surface area contributed by atoms with Gasteiger partial charge in [-0.15, -0.1) is 0 Å². The number of aliphatic hydroxyl groups is 1. The van der Waals surface area contributed by atoms with E-state index in [0.717, 1.165) is 24.3 Å². The van der Waals surface area contributed by atoms with E-state index in [0.29, 0.717) is 12.5 Å². The van der Waals surface area contributed by atoms with Gasteiger partial charge in [0.25, 0.3) is 0 Å². The highest BCUT2D eigenvalue weighted by Gasteiger charge is 2.17. The molecule has 1 atom stereocenters. The van der Waals surface area contributed by atoms with Crippen LogP contribution in [0.5, 0.6) is 0 Å². The second kappa shape index (κ2) is 7.70. The summed E-state index contributed by atoms with van der Waals surface area (Å²) < 4.78 is 14.9. The highest BCUT2D eigenvalue weighted by Crippen LogP contribution is 2.18. The summed E-state index contributed by atoms with van der Waals surface area (Å²) in [5.74, 6) is 0.207. The molecule has 0 aliphatic rings. The van der Waals surface area contributed by atoms with Gasteiger partial charge < -0.3 is 5.11 Å². The van der Waals surface area contributed by atoms with Gasteiger partial charge in [-0.2, -0.15) is 5.10 Å². The van der Waals surface area contributed by atoms with Gasteiger partial charge in [0.05, 0.1) is 12.3 Å². The van der Waals surface area contributed by atoms with Crippen molar-refractivity contribution in [2.45, 2.75) is 33.4 Å². The number of benzene rings is 1. The van der Waals surface area contributed by atoms with E-state index in [9.17, 15) is 9.50 Å². The minimum Gasteiger partial charge on any atom is -0.387 e. The first-order valence-corrected chi connectivity index (χ1v) is 8.00. The molecule has 2 aromatic rings. The molecule has 23 heavy (non-hydrogen) atoms. The molecule has 5 heteroatoms. The number of halogens is 1. The molecular formula is C18H26FN3O. The van der Waals surface area contributed by atoms with Gasteiger partial charge in [0.15, 0.2) is 0 Å². The molecule has 0 spiro atoms. The van der Waals surface area contributed by atoms with Crippen LogP contribution in [-0.2, 0) is 13.6 Å². The number of hydrogen-bond acceptors (Lipinski definition) is 3. The van der Waals surface area contributed by atoms with Gasteiger partial charge in [0, 0.05) is 37.9 Å².